The van der Waals surface area contributed by atoms with Gasteiger partial charge in [-0.05, 0) is 18.6 Å². The van der Waals surface area contributed by atoms with Gasteiger partial charge in [-0.25, -0.2) is 4.98 Å². The molecule has 2 rings (SSSR count). The second-order valence-corrected chi connectivity index (χ2v) is 3.77. The number of aromatic amines is 1. The van der Waals surface area contributed by atoms with Crippen LogP contribution in [0.4, 0.5) is 0 Å². The number of H-pyrrole nitrogens is 1. The van der Waals surface area contributed by atoms with Gasteiger partial charge in [-0.2, -0.15) is 5.10 Å². The number of aryl methyl sites for hydroxylation is 1. The minimum absolute atomic E-state index is 0.381. The second kappa shape index (κ2) is 5.45. The van der Waals surface area contributed by atoms with Gasteiger partial charge in [0, 0.05) is 6.42 Å². The number of ether oxygens (including phenoxy) is 1. The highest BCUT2D eigenvalue weighted by atomic mass is 16.5. The van der Waals surface area contributed by atoms with Crippen LogP contribution in [0, 0.1) is 6.92 Å². The molecule has 0 radical (unpaired) electrons. The van der Waals surface area contributed by atoms with Crippen molar-refractivity contribution in [1.82, 2.24) is 15.2 Å². The number of para-hydroxylation sites is 1. The van der Waals surface area contributed by atoms with Crippen molar-refractivity contribution in [3.8, 4) is 5.75 Å². The zero-order valence-corrected chi connectivity index (χ0v) is 9.81. The molecule has 17 heavy (non-hydrogen) atoms. The first kappa shape index (κ1) is 11.6. The third-order valence-electron chi connectivity index (χ3n) is 2.45. The highest BCUT2D eigenvalue weighted by Gasteiger charge is 2.03. The normalized spacial score (nSPS) is 10.5. The van der Waals surface area contributed by atoms with Crippen molar-refractivity contribution < 1.29 is 4.74 Å². The van der Waals surface area contributed by atoms with Crippen LogP contribution in [0.3, 0.4) is 0 Å². The Balaban J connectivity index is 1.85. The maximum absolute atomic E-state index is 5.66. The van der Waals surface area contributed by atoms with E-state index in [1.807, 2.05) is 31.2 Å². The van der Waals surface area contributed by atoms with Crippen LogP contribution in [0.25, 0.3) is 0 Å². The number of rotatable bonds is 5. The molecule has 90 valence electrons. The first-order valence-electron chi connectivity index (χ1n) is 5.58. The molecule has 0 saturated carbocycles. The van der Waals surface area contributed by atoms with E-state index in [0.29, 0.717) is 25.4 Å². The molecule has 0 bridgehead atoms. The molecular weight excluding hydrogens is 216 g/mol. The summed E-state index contributed by atoms with van der Waals surface area (Å²) in [6, 6.07) is 7.93. The lowest BCUT2D eigenvalue weighted by atomic mass is 10.2. The van der Waals surface area contributed by atoms with E-state index < -0.39 is 0 Å². The summed E-state index contributed by atoms with van der Waals surface area (Å²) in [6.45, 7) is 2.97. The molecule has 0 aliphatic heterocycles. The summed E-state index contributed by atoms with van der Waals surface area (Å²) in [5, 5.41) is 6.82. The molecule has 0 saturated heterocycles. The van der Waals surface area contributed by atoms with Crippen molar-refractivity contribution in [3.63, 3.8) is 0 Å². The molecular formula is C12H16N4O. The van der Waals surface area contributed by atoms with Crippen LogP contribution in [0.1, 0.15) is 17.2 Å². The number of nitrogens with zero attached hydrogens (tertiary/aromatic N) is 2. The zero-order valence-electron chi connectivity index (χ0n) is 9.81. The summed E-state index contributed by atoms with van der Waals surface area (Å²) >= 11 is 0. The quantitative estimate of drug-likeness (QED) is 0.812. The van der Waals surface area contributed by atoms with E-state index in [2.05, 4.69) is 15.2 Å². The van der Waals surface area contributed by atoms with Gasteiger partial charge in [-0.15, -0.1) is 0 Å². The van der Waals surface area contributed by atoms with Crippen LogP contribution in [0.15, 0.2) is 24.3 Å². The minimum Gasteiger partial charge on any atom is -0.493 e. The Morgan fingerprint density at radius 1 is 1.35 bits per heavy atom. The average Bonchev–Trinajstić information content (AvgIpc) is 2.80. The van der Waals surface area contributed by atoms with Crippen molar-refractivity contribution in [2.45, 2.75) is 19.9 Å². The van der Waals surface area contributed by atoms with E-state index in [9.17, 15) is 0 Å². The van der Waals surface area contributed by atoms with Gasteiger partial charge in [0.15, 0.2) is 5.82 Å². The fraction of sp³-hybridized carbons (Fsp3) is 0.333. The third kappa shape index (κ3) is 3.04. The van der Waals surface area contributed by atoms with Crippen molar-refractivity contribution in [2.75, 3.05) is 6.61 Å². The van der Waals surface area contributed by atoms with E-state index in [1.54, 1.807) is 0 Å². The van der Waals surface area contributed by atoms with Crippen molar-refractivity contribution in [3.05, 3.63) is 41.5 Å². The number of nitrogens with one attached hydrogen (secondary N) is 1. The van der Waals surface area contributed by atoms with Crippen LogP contribution >= 0.6 is 0 Å². The molecule has 1 aromatic heterocycles. The number of benzene rings is 1. The first-order valence-corrected chi connectivity index (χ1v) is 5.58. The Hall–Kier alpha value is -1.88. The van der Waals surface area contributed by atoms with Crippen molar-refractivity contribution >= 4 is 0 Å². The molecule has 0 spiro atoms. The van der Waals surface area contributed by atoms with E-state index in [0.717, 1.165) is 17.1 Å². The summed E-state index contributed by atoms with van der Waals surface area (Å²) in [5.41, 5.74) is 6.57. The number of aromatic nitrogens is 3. The lowest BCUT2D eigenvalue weighted by Gasteiger charge is -2.06. The summed E-state index contributed by atoms with van der Waals surface area (Å²) < 4.78 is 5.66. The average molecular weight is 232 g/mol. The lowest BCUT2D eigenvalue weighted by Crippen LogP contribution is -2.04. The minimum atomic E-state index is 0.381. The Morgan fingerprint density at radius 2 is 2.18 bits per heavy atom. The van der Waals surface area contributed by atoms with Crippen LogP contribution < -0.4 is 10.5 Å². The molecule has 5 nitrogen and oxygen atoms in total. The molecule has 3 N–H and O–H groups in total. The largest absolute Gasteiger partial charge is 0.493 e. The van der Waals surface area contributed by atoms with Crippen molar-refractivity contribution in [2.24, 2.45) is 5.73 Å². The monoisotopic (exact) mass is 232 g/mol. The molecule has 2 aromatic rings. The van der Waals surface area contributed by atoms with Crippen LogP contribution in [-0.2, 0) is 13.0 Å². The van der Waals surface area contributed by atoms with Gasteiger partial charge in [-0.1, -0.05) is 18.2 Å². The molecule has 1 aromatic carbocycles. The van der Waals surface area contributed by atoms with Gasteiger partial charge in [0.05, 0.1) is 13.2 Å². The molecule has 0 fully saturated rings. The zero-order chi connectivity index (χ0) is 12.1. The third-order valence-corrected chi connectivity index (χ3v) is 2.45. The maximum atomic E-state index is 5.66. The standard InChI is InChI=1S/C12H16N4O/c1-9-4-2-3-5-10(9)17-7-6-11-14-12(8-13)16-15-11/h2-5H,6-8,13H2,1H3,(H,14,15,16). The summed E-state index contributed by atoms with van der Waals surface area (Å²) in [6.07, 6.45) is 0.671. The van der Waals surface area contributed by atoms with Crippen LogP contribution in [-0.4, -0.2) is 21.8 Å². The molecule has 0 aliphatic carbocycles. The summed E-state index contributed by atoms with van der Waals surface area (Å²) in [7, 11) is 0. The van der Waals surface area contributed by atoms with E-state index in [-0.39, 0.29) is 0 Å². The van der Waals surface area contributed by atoms with Gasteiger partial charge in [0.1, 0.15) is 11.6 Å². The summed E-state index contributed by atoms with van der Waals surface area (Å²) in [4.78, 5) is 4.21. The Bertz CT molecular complexity index is 481. The van der Waals surface area contributed by atoms with Gasteiger partial charge in [0.25, 0.3) is 0 Å². The number of nitrogens with two attached hydrogens (primary N) is 1. The van der Waals surface area contributed by atoms with Crippen LogP contribution in [0.5, 0.6) is 5.75 Å². The highest BCUT2D eigenvalue weighted by molar-refractivity contribution is 5.31. The summed E-state index contributed by atoms with van der Waals surface area (Å²) in [5.74, 6) is 2.34. The Labute approximate surface area is 100 Å². The molecule has 0 aliphatic rings. The Morgan fingerprint density at radius 3 is 2.88 bits per heavy atom. The smallest absolute Gasteiger partial charge is 0.154 e. The van der Waals surface area contributed by atoms with Gasteiger partial charge < -0.3 is 10.5 Å². The van der Waals surface area contributed by atoms with Gasteiger partial charge in [-0.3, -0.25) is 5.10 Å². The molecule has 0 atom stereocenters. The molecule has 0 amide bonds. The second-order valence-electron chi connectivity index (χ2n) is 3.77. The van der Waals surface area contributed by atoms with Crippen LogP contribution in [0.2, 0.25) is 0 Å². The van der Waals surface area contributed by atoms with Gasteiger partial charge in [0.2, 0.25) is 0 Å². The first-order chi connectivity index (χ1) is 8.29. The Kier molecular flexibility index (Phi) is 3.72. The topological polar surface area (TPSA) is 76.8 Å². The van der Waals surface area contributed by atoms with E-state index >= 15 is 0 Å². The van der Waals surface area contributed by atoms with E-state index in [4.69, 9.17) is 10.5 Å². The predicted octanol–water partition coefficient (Wildman–Crippen LogP) is 1.19. The fourth-order valence-electron chi connectivity index (χ4n) is 1.51. The van der Waals surface area contributed by atoms with Gasteiger partial charge >= 0.3 is 0 Å². The molecule has 1 heterocycles. The van der Waals surface area contributed by atoms with Crippen molar-refractivity contribution in [1.29, 1.82) is 0 Å². The maximum Gasteiger partial charge on any atom is 0.154 e. The number of hydrogen-bond acceptors (Lipinski definition) is 4. The van der Waals surface area contributed by atoms with E-state index in [1.165, 1.54) is 0 Å². The molecule has 5 heteroatoms. The SMILES string of the molecule is Cc1ccccc1OCCc1n[nH]c(CN)n1. The fourth-order valence-corrected chi connectivity index (χ4v) is 1.51. The highest BCUT2D eigenvalue weighted by Crippen LogP contribution is 2.16. The predicted molar refractivity (Wildman–Crippen MR) is 64.7 cm³/mol. The lowest BCUT2D eigenvalue weighted by molar-refractivity contribution is 0.317. The molecule has 0 unspecified atom stereocenters. The number of hydrogen-bond donors (Lipinski definition) is 2.